The molecule has 0 spiro atoms. The van der Waals surface area contributed by atoms with Crippen molar-refractivity contribution < 1.29 is 4.74 Å². The van der Waals surface area contributed by atoms with Crippen molar-refractivity contribution in [3.05, 3.63) is 24.3 Å². The number of hydrogen-bond donors (Lipinski definition) is 1. The molecule has 5 nitrogen and oxygen atoms in total. The van der Waals surface area contributed by atoms with Gasteiger partial charge in [-0.15, -0.1) is 10.2 Å². The first-order valence-corrected chi connectivity index (χ1v) is 9.08. The third kappa shape index (κ3) is 3.42. The molecule has 0 saturated carbocycles. The van der Waals surface area contributed by atoms with E-state index < -0.39 is 5.72 Å². The van der Waals surface area contributed by atoms with Crippen molar-refractivity contribution >= 4 is 17.4 Å². The number of aromatic nitrogens is 3. The molecule has 0 saturated heterocycles. The number of benzene rings is 1. The van der Waals surface area contributed by atoms with E-state index in [1.54, 1.807) is 11.8 Å². The summed E-state index contributed by atoms with van der Waals surface area (Å²) in [5.41, 5.74) is 2.16. The van der Waals surface area contributed by atoms with Crippen molar-refractivity contribution in [2.24, 2.45) is 0 Å². The number of thioether (sulfide) groups is 1. The molecule has 0 radical (unpaired) electrons. The first kappa shape index (κ1) is 16.1. The van der Waals surface area contributed by atoms with Gasteiger partial charge in [0.05, 0.1) is 0 Å². The molecule has 1 atom stereocenters. The fourth-order valence-corrected chi connectivity index (χ4v) is 3.25. The Morgan fingerprint density at radius 3 is 2.83 bits per heavy atom. The minimum atomic E-state index is -0.511. The maximum atomic E-state index is 6.18. The van der Waals surface area contributed by atoms with Crippen molar-refractivity contribution in [3.8, 4) is 17.1 Å². The van der Waals surface area contributed by atoms with Gasteiger partial charge in [-0.05, 0) is 19.4 Å². The van der Waals surface area contributed by atoms with Crippen LogP contribution in [-0.2, 0) is 0 Å². The number of nitrogens with one attached hydrogen (secondary N) is 1. The molecule has 122 valence electrons. The van der Waals surface area contributed by atoms with Crippen molar-refractivity contribution in [2.75, 3.05) is 11.1 Å². The Morgan fingerprint density at radius 1 is 1.22 bits per heavy atom. The highest BCUT2D eigenvalue weighted by Gasteiger charge is 2.32. The van der Waals surface area contributed by atoms with Crippen LogP contribution in [0.25, 0.3) is 11.3 Å². The van der Waals surface area contributed by atoms with Gasteiger partial charge in [0.15, 0.2) is 11.4 Å². The predicted molar refractivity (Wildman–Crippen MR) is 93.8 cm³/mol. The molecule has 1 unspecified atom stereocenters. The molecule has 1 aromatic heterocycles. The van der Waals surface area contributed by atoms with Crippen LogP contribution < -0.4 is 10.1 Å². The number of nitrogens with zero attached hydrogens (tertiary/aromatic N) is 3. The largest absolute Gasteiger partial charge is 0.450 e. The number of anilines is 1. The van der Waals surface area contributed by atoms with Crippen LogP contribution in [-0.4, -0.2) is 26.7 Å². The summed E-state index contributed by atoms with van der Waals surface area (Å²) in [7, 11) is 0. The van der Waals surface area contributed by atoms with Crippen molar-refractivity contribution in [1.82, 2.24) is 15.2 Å². The molecule has 2 aromatic rings. The third-order valence-electron chi connectivity index (χ3n) is 3.94. The molecule has 1 aliphatic rings. The lowest BCUT2D eigenvalue weighted by molar-refractivity contribution is 0.109. The second kappa shape index (κ2) is 6.74. The highest BCUT2D eigenvalue weighted by molar-refractivity contribution is 7.99. The summed E-state index contributed by atoms with van der Waals surface area (Å²) >= 11 is 1.63. The zero-order chi connectivity index (χ0) is 16.3. The average molecular weight is 330 g/mol. The molecule has 1 aromatic carbocycles. The summed E-state index contributed by atoms with van der Waals surface area (Å²) in [6.45, 7) is 6.30. The van der Waals surface area contributed by atoms with E-state index in [2.05, 4.69) is 34.3 Å². The first-order valence-electron chi connectivity index (χ1n) is 8.09. The molecule has 0 fully saturated rings. The summed E-state index contributed by atoms with van der Waals surface area (Å²) in [4.78, 5) is 4.61. The highest BCUT2D eigenvalue weighted by Crippen LogP contribution is 2.39. The SMILES string of the molecule is CCCCSc1nnc2c(n1)OC(C)(CC)Nc1ccccc1-2. The Balaban J connectivity index is 2.01. The Labute approximate surface area is 141 Å². The minimum absolute atomic E-state index is 0.511. The summed E-state index contributed by atoms with van der Waals surface area (Å²) in [6, 6.07) is 8.05. The molecule has 0 amide bonds. The number of para-hydroxylation sites is 1. The van der Waals surface area contributed by atoms with E-state index in [1.807, 2.05) is 31.2 Å². The van der Waals surface area contributed by atoms with Crippen LogP contribution in [0.1, 0.15) is 40.0 Å². The summed E-state index contributed by atoms with van der Waals surface area (Å²) < 4.78 is 6.18. The smallest absolute Gasteiger partial charge is 0.247 e. The van der Waals surface area contributed by atoms with Gasteiger partial charge in [0, 0.05) is 23.4 Å². The number of ether oxygens (including phenoxy) is 1. The number of hydrogen-bond acceptors (Lipinski definition) is 6. The summed E-state index contributed by atoms with van der Waals surface area (Å²) in [5.74, 6) is 1.55. The van der Waals surface area contributed by atoms with E-state index in [-0.39, 0.29) is 0 Å². The van der Waals surface area contributed by atoms with Crippen LogP contribution in [0.4, 0.5) is 5.69 Å². The monoisotopic (exact) mass is 330 g/mol. The Morgan fingerprint density at radius 2 is 2.04 bits per heavy atom. The van der Waals surface area contributed by atoms with E-state index in [1.165, 1.54) is 0 Å². The maximum absolute atomic E-state index is 6.18. The molecule has 1 aliphatic heterocycles. The highest BCUT2D eigenvalue weighted by atomic mass is 32.2. The standard InChI is InChI=1S/C17H22N4OS/c1-4-6-11-23-16-18-15-14(20-21-16)12-9-7-8-10-13(12)19-17(3,5-2)22-15/h7-10,19H,4-6,11H2,1-3H3. The van der Waals surface area contributed by atoms with Crippen molar-refractivity contribution in [3.63, 3.8) is 0 Å². The van der Waals surface area contributed by atoms with Gasteiger partial charge >= 0.3 is 0 Å². The summed E-state index contributed by atoms with van der Waals surface area (Å²) in [5, 5.41) is 12.8. The zero-order valence-corrected chi connectivity index (χ0v) is 14.6. The van der Waals surface area contributed by atoms with Crippen LogP contribution >= 0.6 is 11.8 Å². The van der Waals surface area contributed by atoms with Gasteiger partial charge < -0.3 is 10.1 Å². The Kier molecular flexibility index (Phi) is 4.71. The van der Waals surface area contributed by atoms with Gasteiger partial charge in [-0.3, -0.25) is 0 Å². The first-order chi connectivity index (χ1) is 11.1. The van der Waals surface area contributed by atoms with Crippen LogP contribution in [0.3, 0.4) is 0 Å². The molecule has 0 aliphatic carbocycles. The third-order valence-corrected chi connectivity index (χ3v) is 4.87. The summed E-state index contributed by atoms with van der Waals surface area (Å²) in [6.07, 6.45) is 3.11. The van der Waals surface area contributed by atoms with Crippen molar-refractivity contribution in [2.45, 2.75) is 50.9 Å². The topological polar surface area (TPSA) is 59.9 Å². The van der Waals surface area contributed by atoms with E-state index in [9.17, 15) is 0 Å². The van der Waals surface area contributed by atoms with Crippen LogP contribution in [0, 0.1) is 0 Å². The molecule has 2 heterocycles. The van der Waals surface area contributed by atoms with Crippen molar-refractivity contribution in [1.29, 1.82) is 0 Å². The van der Waals surface area contributed by atoms with Gasteiger partial charge in [-0.25, -0.2) is 0 Å². The fourth-order valence-electron chi connectivity index (χ4n) is 2.39. The molecule has 6 heteroatoms. The number of rotatable bonds is 5. The normalized spacial score (nSPS) is 19.1. The number of unbranched alkanes of at least 4 members (excludes halogenated alkanes) is 1. The molecule has 1 N–H and O–H groups in total. The number of fused-ring (bicyclic) bond motifs is 3. The van der Waals surface area contributed by atoms with Gasteiger partial charge in [0.1, 0.15) is 0 Å². The Bertz CT molecular complexity index is 694. The predicted octanol–water partition coefficient (Wildman–Crippen LogP) is 4.36. The molecule has 23 heavy (non-hydrogen) atoms. The second-order valence-electron chi connectivity index (χ2n) is 5.81. The van der Waals surface area contributed by atoms with Gasteiger partial charge in [-0.2, -0.15) is 4.98 Å². The minimum Gasteiger partial charge on any atom is -0.450 e. The lowest BCUT2D eigenvalue weighted by Crippen LogP contribution is -2.40. The average Bonchev–Trinajstić information content (AvgIpc) is 2.68. The van der Waals surface area contributed by atoms with Gasteiger partial charge in [0.2, 0.25) is 11.0 Å². The quantitative estimate of drug-likeness (QED) is 0.649. The zero-order valence-electron chi connectivity index (χ0n) is 13.8. The van der Waals surface area contributed by atoms with Crippen LogP contribution in [0.5, 0.6) is 5.88 Å². The van der Waals surface area contributed by atoms with Gasteiger partial charge in [0.25, 0.3) is 0 Å². The lowest BCUT2D eigenvalue weighted by Gasteiger charge is -2.29. The molecule has 0 bridgehead atoms. The van der Waals surface area contributed by atoms with Crippen LogP contribution in [0.15, 0.2) is 29.4 Å². The second-order valence-corrected chi connectivity index (χ2v) is 6.87. The maximum Gasteiger partial charge on any atom is 0.247 e. The fraction of sp³-hybridized carbons (Fsp3) is 0.471. The molecular formula is C17H22N4OS. The van der Waals surface area contributed by atoms with E-state index in [0.29, 0.717) is 16.7 Å². The van der Waals surface area contributed by atoms with Crippen LogP contribution in [0.2, 0.25) is 0 Å². The Hall–Kier alpha value is -1.82. The van der Waals surface area contributed by atoms with E-state index >= 15 is 0 Å². The molecule has 3 rings (SSSR count). The lowest BCUT2D eigenvalue weighted by atomic mass is 10.1. The van der Waals surface area contributed by atoms with E-state index in [0.717, 1.165) is 36.3 Å². The van der Waals surface area contributed by atoms with E-state index in [4.69, 9.17) is 4.74 Å². The molecular weight excluding hydrogens is 308 g/mol. The van der Waals surface area contributed by atoms with Gasteiger partial charge in [-0.1, -0.05) is 50.2 Å².